The van der Waals surface area contributed by atoms with Crippen molar-refractivity contribution >= 4 is 11.8 Å². The van der Waals surface area contributed by atoms with E-state index < -0.39 is 12.1 Å². The van der Waals surface area contributed by atoms with Gasteiger partial charge >= 0.3 is 0 Å². The molecule has 224 valence electrons. The molecule has 8 heteroatoms. The lowest BCUT2D eigenvalue weighted by atomic mass is 9.99. The van der Waals surface area contributed by atoms with E-state index in [-0.39, 0.29) is 17.9 Å². The normalized spacial score (nSPS) is 16.2. The third-order valence-electron chi connectivity index (χ3n) is 8.06. The van der Waals surface area contributed by atoms with E-state index in [1.165, 1.54) is 0 Å². The van der Waals surface area contributed by atoms with E-state index >= 15 is 0 Å². The fourth-order valence-electron chi connectivity index (χ4n) is 5.82. The quantitative estimate of drug-likeness (QED) is 0.226. The Balaban J connectivity index is 1.30. The monoisotopic (exact) mass is 579 g/mol. The van der Waals surface area contributed by atoms with E-state index in [0.29, 0.717) is 37.2 Å². The number of nitrogens with zero attached hydrogens (tertiary/aromatic N) is 3. The Kier molecular flexibility index (Phi) is 10.0. The largest absolute Gasteiger partial charge is 0.390 e. The molecule has 2 heterocycles. The number of aromatic nitrogens is 2. The van der Waals surface area contributed by atoms with Gasteiger partial charge in [-0.3, -0.25) is 14.3 Å². The summed E-state index contributed by atoms with van der Waals surface area (Å²) in [7, 11) is 0. The van der Waals surface area contributed by atoms with Crippen LogP contribution in [0.15, 0.2) is 91.3 Å². The molecule has 43 heavy (non-hydrogen) atoms. The van der Waals surface area contributed by atoms with Crippen LogP contribution in [0.4, 0.5) is 0 Å². The second-order valence-corrected chi connectivity index (χ2v) is 11.3. The van der Waals surface area contributed by atoms with Gasteiger partial charge in [0.25, 0.3) is 11.8 Å². The highest BCUT2D eigenvalue weighted by molar-refractivity contribution is 6.00. The zero-order chi connectivity index (χ0) is 30.2. The number of aryl methyl sites for hydroxylation is 2. The van der Waals surface area contributed by atoms with E-state index in [1.54, 1.807) is 12.1 Å². The third-order valence-corrected chi connectivity index (χ3v) is 8.06. The van der Waals surface area contributed by atoms with Gasteiger partial charge in [0.05, 0.1) is 24.4 Å². The summed E-state index contributed by atoms with van der Waals surface area (Å²) < 4.78 is 1.86. The van der Waals surface area contributed by atoms with Gasteiger partial charge in [0.2, 0.25) is 0 Å². The van der Waals surface area contributed by atoms with Crippen molar-refractivity contribution < 1.29 is 14.7 Å². The highest BCUT2D eigenvalue weighted by Gasteiger charge is 2.31. The van der Waals surface area contributed by atoms with Crippen LogP contribution in [0.5, 0.6) is 0 Å². The van der Waals surface area contributed by atoms with Crippen LogP contribution in [-0.4, -0.2) is 56.8 Å². The second kappa shape index (κ2) is 14.3. The zero-order valence-electron chi connectivity index (χ0n) is 24.9. The first kappa shape index (κ1) is 30.2. The van der Waals surface area contributed by atoms with Gasteiger partial charge in [-0.15, -0.1) is 0 Å². The summed E-state index contributed by atoms with van der Waals surface area (Å²) in [6.07, 6.45) is 5.28. The van der Waals surface area contributed by atoms with Crippen LogP contribution >= 0.6 is 0 Å². The third kappa shape index (κ3) is 7.77. The molecule has 5 rings (SSSR count). The molecule has 2 amide bonds. The van der Waals surface area contributed by atoms with E-state index in [9.17, 15) is 14.7 Å². The summed E-state index contributed by atoms with van der Waals surface area (Å²) in [5.74, 6) is -0.386. The summed E-state index contributed by atoms with van der Waals surface area (Å²) in [5, 5.41) is 21.9. The second-order valence-electron chi connectivity index (χ2n) is 11.3. The molecule has 1 fully saturated rings. The predicted octanol–water partition coefficient (Wildman–Crippen LogP) is 4.68. The van der Waals surface area contributed by atoms with Crippen molar-refractivity contribution in [3.63, 3.8) is 0 Å². The van der Waals surface area contributed by atoms with Crippen LogP contribution in [0, 0.1) is 6.92 Å². The van der Waals surface area contributed by atoms with Crippen molar-refractivity contribution in [1.29, 1.82) is 0 Å². The Morgan fingerprint density at radius 2 is 1.72 bits per heavy atom. The molecule has 4 aromatic rings. The summed E-state index contributed by atoms with van der Waals surface area (Å²) >= 11 is 0. The lowest BCUT2D eigenvalue weighted by Gasteiger charge is -2.26. The fraction of sp³-hybridized carbons (Fsp3) is 0.343. The van der Waals surface area contributed by atoms with Gasteiger partial charge in [-0.05, 0) is 68.0 Å². The lowest BCUT2D eigenvalue weighted by molar-refractivity contribution is 0.0735. The number of likely N-dealkylation sites (tertiary alicyclic amines) is 1. The highest BCUT2D eigenvalue weighted by atomic mass is 16.3. The van der Waals surface area contributed by atoms with Gasteiger partial charge in [0, 0.05) is 49.1 Å². The smallest absolute Gasteiger partial charge is 0.254 e. The molecule has 0 radical (unpaired) electrons. The number of carbonyl (C=O) groups excluding carboxylic acids is 2. The zero-order valence-corrected chi connectivity index (χ0v) is 24.9. The Morgan fingerprint density at radius 3 is 2.44 bits per heavy atom. The molecule has 1 aromatic heterocycles. The Morgan fingerprint density at radius 1 is 1.00 bits per heavy atom. The molecule has 1 unspecified atom stereocenters. The molecule has 0 aliphatic carbocycles. The number of amides is 2. The molecule has 0 bridgehead atoms. The van der Waals surface area contributed by atoms with Crippen molar-refractivity contribution in [3.05, 3.63) is 125 Å². The number of hydrogen-bond acceptors (Lipinski definition) is 5. The molecular formula is C35H41N5O3. The van der Waals surface area contributed by atoms with Gasteiger partial charge in [-0.2, -0.15) is 5.10 Å². The van der Waals surface area contributed by atoms with E-state index in [2.05, 4.69) is 27.9 Å². The lowest BCUT2D eigenvalue weighted by Crippen LogP contribution is -2.48. The maximum Gasteiger partial charge on any atom is 0.254 e. The number of nitrogens with one attached hydrogen (secondary N) is 2. The molecule has 3 N–H and O–H groups in total. The highest BCUT2D eigenvalue weighted by Crippen LogP contribution is 2.33. The summed E-state index contributed by atoms with van der Waals surface area (Å²) in [6, 6.07) is 24.7. The maximum absolute atomic E-state index is 13.7. The van der Waals surface area contributed by atoms with Crippen molar-refractivity contribution in [3.8, 4) is 0 Å². The first-order valence-electron chi connectivity index (χ1n) is 15.1. The van der Waals surface area contributed by atoms with E-state index in [0.717, 1.165) is 41.6 Å². The van der Waals surface area contributed by atoms with Gasteiger partial charge in [0.15, 0.2) is 0 Å². The van der Waals surface area contributed by atoms with Crippen molar-refractivity contribution in [2.24, 2.45) is 0 Å². The SMILES string of the molecule is CCn1cc(CNC[C@H](O)[C@H](Cc2ccccc2)NC(=O)c2cc(C)cc(C(=O)N3CCCC3c3ccccc3)c2)cn1. The fourth-order valence-corrected chi connectivity index (χ4v) is 5.82. The average Bonchev–Trinajstić information content (AvgIpc) is 3.71. The molecule has 3 atom stereocenters. The van der Waals surface area contributed by atoms with Gasteiger partial charge in [0.1, 0.15) is 0 Å². The van der Waals surface area contributed by atoms with Crippen LogP contribution in [0.1, 0.15) is 68.8 Å². The molecular weight excluding hydrogens is 538 g/mol. The van der Waals surface area contributed by atoms with Crippen molar-refractivity contribution in [2.45, 2.75) is 64.4 Å². The minimum absolute atomic E-state index is 0.0284. The molecule has 0 saturated carbocycles. The summed E-state index contributed by atoms with van der Waals surface area (Å²) in [5.41, 5.74) is 4.91. The summed E-state index contributed by atoms with van der Waals surface area (Å²) in [6.45, 7) is 6.27. The van der Waals surface area contributed by atoms with Gasteiger partial charge in [-0.25, -0.2) is 0 Å². The molecule has 1 saturated heterocycles. The Hall–Kier alpha value is -4.27. The van der Waals surface area contributed by atoms with Crippen LogP contribution < -0.4 is 10.6 Å². The molecule has 8 nitrogen and oxygen atoms in total. The number of carbonyl (C=O) groups is 2. The van der Waals surface area contributed by atoms with E-state index in [1.807, 2.05) is 90.4 Å². The molecule has 3 aromatic carbocycles. The first-order valence-corrected chi connectivity index (χ1v) is 15.1. The predicted molar refractivity (Wildman–Crippen MR) is 168 cm³/mol. The standard InChI is InChI=1S/C35H41N5O3/c1-3-39-24-27(22-37-39)21-36-23-33(41)31(19-26-11-6-4-7-12-26)38-34(42)29-17-25(2)18-30(20-29)35(43)40-16-10-15-32(40)28-13-8-5-9-14-28/h4-9,11-14,17-18,20,22,24,31-33,36,41H,3,10,15-16,19,21,23H2,1-2H3,(H,38,42)/t31-,32?,33-/m0/s1. The average molecular weight is 580 g/mol. The Bertz CT molecular complexity index is 1500. The molecule has 1 aliphatic heterocycles. The maximum atomic E-state index is 13.7. The van der Waals surface area contributed by atoms with Crippen molar-refractivity contribution in [2.75, 3.05) is 13.1 Å². The van der Waals surface area contributed by atoms with Gasteiger partial charge < -0.3 is 20.6 Å². The number of aliphatic hydroxyl groups is 1. The number of aliphatic hydroxyl groups excluding tert-OH is 1. The van der Waals surface area contributed by atoms with Crippen LogP contribution in [0.25, 0.3) is 0 Å². The summed E-state index contributed by atoms with van der Waals surface area (Å²) in [4.78, 5) is 29.3. The Labute approximate surface area is 253 Å². The van der Waals surface area contributed by atoms with Gasteiger partial charge in [-0.1, -0.05) is 60.7 Å². The number of rotatable bonds is 12. The minimum atomic E-state index is -0.840. The van der Waals surface area contributed by atoms with Crippen molar-refractivity contribution in [1.82, 2.24) is 25.3 Å². The molecule has 0 spiro atoms. The number of hydrogen-bond donors (Lipinski definition) is 3. The van der Waals surface area contributed by atoms with Crippen LogP contribution in [0.2, 0.25) is 0 Å². The van der Waals surface area contributed by atoms with E-state index in [4.69, 9.17) is 0 Å². The minimum Gasteiger partial charge on any atom is -0.390 e. The first-order chi connectivity index (χ1) is 20.9. The number of benzene rings is 3. The van der Waals surface area contributed by atoms with Crippen LogP contribution in [-0.2, 0) is 19.5 Å². The topological polar surface area (TPSA) is 99.5 Å². The molecule has 1 aliphatic rings. The van der Waals surface area contributed by atoms with Crippen LogP contribution in [0.3, 0.4) is 0 Å².